The number of amides is 2. The molecule has 2 amide bonds. The zero-order valence-corrected chi connectivity index (χ0v) is 16.5. The van der Waals surface area contributed by atoms with Crippen molar-refractivity contribution < 1.29 is 9.59 Å². The number of carbonyl (C=O) groups is 2. The van der Waals surface area contributed by atoms with Crippen LogP contribution in [0.4, 0.5) is 5.69 Å². The smallest absolute Gasteiger partial charge is 0.251 e. The van der Waals surface area contributed by atoms with Crippen molar-refractivity contribution in [2.45, 2.75) is 59.5 Å². The molecule has 2 N–H and O–H groups in total. The first-order chi connectivity index (χ1) is 12.8. The second-order valence-electron chi connectivity index (χ2n) is 7.78. The predicted molar refractivity (Wildman–Crippen MR) is 106 cm³/mol. The van der Waals surface area contributed by atoms with E-state index in [-0.39, 0.29) is 11.8 Å². The van der Waals surface area contributed by atoms with Crippen LogP contribution in [0.25, 0.3) is 0 Å². The quantitative estimate of drug-likeness (QED) is 0.788. The summed E-state index contributed by atoms with van der Waals surface area (Å²) in [7, 11) is 0. The Kier molecular flexibility index (Phi) is 5.63. The fourth-order valence-corrected chi connectivity index (χ4v) is 3.08. The highest BCUT2D eigenvalue weighted by atomic mass is 16.2. The lowest BCUT2D eigenvalue weighted by Crippen LogP contribution is -2.25. The molecule has 0 saturated heterocycles. The first kappa shape index (κ1) is 19.1. The Labute approximate surface area is 160 Å². The Hall–Kier alpha value is -2.63. The molecule has 1 heterocycles. The Morgan fingerprint density at radius 3 is 2.44 bits per heavy atom. The van der Waals surface area contributed by atoms with Crippen LogP contribution in [0.3, 0.4) is 0 Å². The molecule has 0 aliphatic heterocycles. The molecule has 0 radical (unpaired) electrons. The summed E-state index contributed by atoms with van der Waals surface area (Å²) in [6.07, 6.45) is 2.42. The lowest BCUT2D eigenvalue weighted by molar-refractivity contribution is -0.115. The van der Waals surface area contributed by atoms with Crippen molar-refractivity contribution in [1.29, 1.82) is 0 Å². The standard InChI is InChI=1S/C21H28N4O2/c1-13(2)12-25-15(4)19(14(3)24-25)11-20(26)22-17-7-5-16(6-8-17)21(27)23-18-9-10-18/h5-8,13,18H,9-12H2,1-4H3,(H,22,26)(H,23,27). The van der Waals surface area contributed by atoms with Crippen molar-refractivity contribution in [2.24, 2.45) is 5.92 Å². The second kappa shape index (κ2) is 7.94. The zero-order valence-electron chi connectivity index (χ0n) is 16.5. The SMILES string of the molecule is Cc1nn(CC(C)C)c(C)c1CC(=O)Nc1ccc(C(=O)NC2CC2)cc1. The molecule has 1 aliphatic rings. The van der Waals surface area contributed by atoms with Crippen LogP contribution in [-0.2, 0) is 17.8 Å². The number of hydrogen-bond acceptors (Lipinski definition) is 3. The maximum Gasteiger partial charge on any atom is 0.251 e. The van der Waals surface area contributed by atoms with Crippen molar-refractivity contribution >= 4 is 17.5 Å². The second-order valence-corrected chi connectivity index (χ2v) is 7.78. The monoisotopic (exact) mass is 368 g/mol. The Bertz CT molecular complexity index is 833. The van der Waals surface area contributed by atoms with E-state index < -0.39 is 0 Å². The van der Waals surface area contributed by atoms with Gasteiger partial charge in [0.05, 0.1) is 12.1 Å². The molecule has 0 spiro atoms. The number of rotatable bonds is 7. The molecule has 1 aliphatic carbocycles. The van der Waals surface area contributed by atoms with Crippen LogP contribution in [-0.4, -0.2) is 27.6 Å². The highest BCUT2D eigenvalue weighted by molar-refractivity contribution is 5.96. The van der Waals surface area contributed by atoms with Gasteiger partial charge in [-0.05, 0) is 56.9 Å². The van der Waals surface area contributed by atoms with Crippen LogP contribution >= 0.6 is 0 Å². The molecule has 1 saturated carbocycles. The Morgan fingerprint density at radius 2 is 1.85 bits per heavy atom. The molecule has 6 heteroatoms. The summed E-state index contributed by atoms with van der Waals surface area (Å²) in [4.78, 5) is 24.5. The number of hydrogen-bond donors (Lipinski definition) is 2. The summed E-state index contributed by atoms with van der Waals surface area (Å²) in [5.74, 6) is 0.361. The Morgan fingerprint density at radius 1 is 1.19 bits per heavy atom. The minimum absolute atomic E-state index is 0.0563. The lowest BCUT2D eigenvalue weighted by Gasteiger charge is -2.09. The fourth-order valence-electron chi connectivity index (χ4n) is 3.08. The van der Waals surface area contributed by atoms with Crippen molar-refractivity contribution in [3.8, 4) is 0 Å². The largest absolute Gasteiger partial charge is 0.349 e. The summed E-state index contributed by atoms with van der Waals surface area (Å²) in [6.45, 7) is 9.10. The molecule has 0 unspecified atom stereocenters. The molecule has 3 rings (SSSR count). The molecule has 1 aromatic heterocycles. The number of carbonyl (C=O) groups excluding carboxylic acids is 2. The number of nitrogens with one attached hydrogen (secondary N) is 2. The molecule has 6 nitrogen and oxygen atoms in total. The first-order valence-corrected chi connectivity index (χ1v) is 9.57. The summed E-state index contributed by atoms with van der Waals surface area (Å²) >= 11 is 0. The van der Waals surface area contributed by atoms with E-state index in [1.165, 1.54) is 0 Å². The fraction of sp³-hybridized carbons (Fsp3) is 0.476. The van der Waals surface area contributed by atoms with Crippen LogP contribution in [0.15, 0.2) is 24.3 Å². The van der Waals surface area contributed by atoms with Crippen molar-refractivity contribution in [3.05, 3.63) is 46.8 Å². The summed E-state index contributed by atoms with van der Waals surface area (Å²) in [5.41, 5.74) is 4.22. The molecule has 1 aromatic carbocycles. The van der Waals surface area contributed by atoms with Gasteiger partial charge in [0.25, 0.3) is 5.91 Å². The van der Waals surface area contributed by atoms with Gasteiger partial charge in [-0.15, -0.1) is 0 Å². The van der Waals surface area contributed by atoms with Gasteiger partial charge in [-0.2, -0.15) is 5.10 Å². The van der Waals surface area contributed by atoms with E-state index in [4.69, 9.17) is 0 Å². The first-order valence-electron chi connectivity index (χ1n) is 9.57. The summed E-state index contributed by atoms with van der Waals surface area (Å²) in [5, 5.41) is 10.4. The lowest BCUT2D eigenvalue weighted by atomic mass is 10.1. The molecule has 144 valence electrons. The minimum atomic E-state index is -0.0829. The third kappa shape index (κ3) is 4.96. The van der Waals surface area contributed by atoms with Crippen LogP contribution in [0.1, 0.15) is 54.0 Å². The number of benzene rings is 1. The average Bonchev–Trinajstić information content (AvgIpc) is 3.38. The van der Waals surface area contributed by atoms with E-state index in [2.05, 4.69) is 29.6 Å². The van der Waals surface area contributed by atoms with Crippen LogP contribution < -0.4 is 10.6 Å². The molecular formula is C21H28N4O2. The van der Waals surface area contributed by atoms with E-state index in [1.807, 2.05) is 18.5 Å². The topological polar surface area (TPSA) is 76.0 Å². The van der Waals surface area contributed by atoms with Gasteiger partial charge >= 0.3 is 0 Å². The van der Waals surface area contributed by atoms with Gasteiger partial charge in [0, 0.05) is 35.1 Å². The van der Waals surface area contributed by atoms with E-state index in [0.29, 0.717) is 29.6 Å². The van der Waals surface area contributed by atoms with Gasteiger partial charge < -0.3 is 10.6 Å². The third-order valence-electron chi connectivity index (χ3n) is 4.75. The van der Waals surface area contributed by atoms with Crippen LogP contribution in [0.2, 0.25) is 0 Å². The minimum Gasteiger partial charge on any atom is -0.349 e. The number of aryl methyl sites for hydroxylation is 1. The summed E-state index contributed by atoms with van der Waals surface area (Å²) in [6, 6.07) is 7.35. The summed E-state index contributed by atoms with van der Waals surface area (Å²) < 4.78 is 1.98. The van der Waals surface area contributed by atoms with Gasteiger partial charge in [-0.25, -0.2) is 0 Å². The predicted octanol–water partition coefficient (Wildman–Crippen LogP) is 3.23. The van der Waals surface area contributed by atoms with E-state index in [0.717, 1.165) is 36.3 Å². The average molecular weight is 368 g/mol. The highest BCUT2D eigenvalue weighted by Crippen LogP contribution is 2.20. The number of anilines is 1. The molecular weight excluding hydrogens is 340 g/mol. The molecule has 2 aromatic rings. The van der Waals surface area contributed by atoms with E-state index in [1.54, 1.807) is 24.3 Å². The molecule has 0 bridgehead atoms. The molecule has 27 heavy (non-hydrogen) atoms. The maximum absolute atomic E-state index is 12.5. The van der Waals surface area contributed by atoms with Crippen LogP contribution in [0.5, 0.6) is 0 Å². The van der Waals surface area contributed by atoms with Crippen molar-refractivity contribution in [2.75, 3.05) is 5.32 Å². The van der Waals surface area contributed by atoms with Gasteiger partial charge in [0.15, 0.2) is 0 Å². The van der Waals surface area contributed by atoms with Gasteiger partial charge in [-0.3, -0.25) is 14.3 Å². The highest BCUT2D eigenvalue weighted by Gasteiger charge is 2.23. The van der Waals surface area contributed by atoms with Crippen molar-refractivity contribution in [3.63, 3.8) is 0 Å². The Balaban J connectivity index is 1.60. The van der Waals surface area contributed by atoms with E-state index >= 15 is 0 Å². The van der Waals surface area contributed by atoms with Gasteiger partial charge in [0.2, 0.25) is 5.91 Å². The number of aromatic nitrogens is 2. The maximum atomic E-state index is 12.5. The van der Waals surface area contributed by atoms with Crippen LogP contribution in [0, 0.1) is 19.8 Å². The molecule has 1 fully saturated rings. The van der Waals surface area contributed by atoms with Gasteiger partial charge in [0.1, 0.15) is 0 Å². The molecule has 0 atom stereocenters. The number of nitrogens with zero attached hydrogens (tertiary/aromatic N) is 2. The van der Waals surface area contributed by atoms with Crippen molar-refractivity contribution in [1.82, 2.24) is 15.1 Å². The van der Waals surface area contributed by atoms with E-state index in [9.17, 15) is 9.59 Å². The van der Waals surface area contributed by atoms with Gasteiger partial charge in [-0.1, -0.05) is 13.8 Å². The third-order valence-corrected chi connectivity index (χ3v) is 4.75. The zero-order chi connectivity index (χ0) is 19.6. The normalized spacial score (nSPS) is 13.7.